The number of phenolic OH excluding ortho intramolecular Hbond substituents is 1. The van der Waals surface area contributed by atoms with Crippen LogP contribution in [0.1, 0.15) is 27.4 Å². The molecule has 0 atom stereocenters. The van der Waals surface area contributed by atoms with E-state index in [2.05, 4.69) is 9.97 Å². The Hall–Kier alpha value is -2.69. The Bertz CT molecular complexity index is 745. The number of nitrogens with one attached hydrogen (secondary N) is 1. The molecule has 1 heterocycles. The molecule has 0 unspecified atom stereocenters. The van der Waals surface area contributed by atoms with E-state index in [0.717, 1.165) is 0 Å². The molecule has 2 N–H and O–H groups in total. The number of hydrogen-bond acceptors (Lipinski definition) is 4. The van der Waals surface area contributed by atoms with E-state index in [9.17, 15) is 14.7 Å². The monoisotopic (exact) mass is 270 g/mol. The van der Waals surface area contributed by atoms with Crippen molar-refractivity contribution in [2.75, 3.05) is 0 Å². The number of aromatic hydroxyl groups is 1. The Balaban J connectivity index is 2.32. The molecule has 0 saturated heterocycles. The molecule has 0 aliphatic rings. The van der Waals surface area contributed by atoms with E-state index >= 15 is 0 Å². The normalized spacial score (nSPS) is 10.9. The standard InChI is InChI=1S/C15H14N2O3/c1-9-14(15(20)17-10(2)16-9)13(19)7-6-11-4-3-5-12(18)8-11/h3-8,18H,1-2H3,(H,16,17,20)/b7-6+. The van der Waals surface area contributed by atoms with Crippen molar-refractivity contribution in [3.05, 3.63) is 63.3 Å². The molecule has 5 heteroatoms. The summed E-state index contributed by atoms with van der Waals surface area (Å²) in [4.78, 5) is 30.4. The number of hydrogen-bond donors (Lipinski definition) is 2. The van der Waals surface area contributed by atoms with E-state index < -0.39 is 11.3 Å². The number of allylic oxidation sites excluding steroid dienone is 1. The zero-order chi connectivity index (χ0) is 14.7. The maximum Gasteiger partial charge on any atom is 0.262 e. The number of benzene rings is 1. The first-order valence-corrected chi connectivity index (χ1v) is 6.06. The van der Waals surface area contributed by atoms with Crippen LogP contribution in [-0.4, -0.2) is 20.9 Å². The molecule has 0 spiro atoms. The SMILES string of the molecule is Cc1nc(C)c(C(=O)/C=C/c2cccc(O)c2)c(=O)[nH]1. The van der Waals surface area contributed by atoms with Crippen molar-refractivity contribution in [1.29, 1.82) is 0 Å². The predicted molar refractivity (Wildman–Crippen MR) is 75.8 cm³/mol. The summed E-state index contributed by atoms with van der Waals surface area (Å²) in [5.74, 6) is 0.172. The maximum atomic E-state index is 12.0. The second-order valence-electron chi connectivity index (χ2n) is 4.40. The van der Waals surface area contributed by atoms with Crippen LogP contribution < -0.4 is 5.56 Å². The van der Waals surface area contributed by atoms with Gasteiger partial charge in [-0.05, 0) is 37.6 Å². The van der Waals surface area contributed by atoms with Gasteiger partial charge in [0.25, 0.3) is 5.56 Å². The van der Waals surface area contributed by atoms with Crippen molar-refractivity contribution in [3.8, 4) is 5.75 Å². The number of rotatable bonds is 3. The van der Waals surface area contributed by atoms with Gasteiger partial charge < -0.3 is 10.1 Å². The molecule has 0 radical (unpaired) electrons. The molecule has 0 aliphatic carbocycles. The average Bonchev–Trinajstić information content (AvgIpc) is 2.35. The van der Waals surface area contributed by atoms with Crippen LogP contribution in [0.25, 0.3) is 6.08 Å². The number of aryl methyl sites for hydroxylation is 2. The van der Waals surface area contributed by atoms with Gasteiger partial charge in [0.1, 0.15) is 17.1 Å². The van der Waals surface area contributed by atoms with E-state index in [1.807, 2.05) is 0 Å². The number of phenols is 1. The lowest BCUT2D eigenvalue weighted by Crippen LogP contribution is -2.21. The van der Waals surface area contributed by atoms with Crippen molar-refractivity contribution in [1.82, 2.24) is 9.97 Å². The molecule has 0 bridgehead atoms. The molecule has 2 aromatic rings. The zero-order valence-electron chi connectivity index (χ0n) is 11.2. The van der Waals surface area contributed by atoms with Crippen molar-refractivity contribution < 1.29 is 9.90 Å². The van der Waals surface area contributed by atoms with Crippen LogP contribution in [0.5, 0.6) is 5.75 Å². The summed E-state index contributed by atoms with van der Waals surface area (Å²) in [6.07, 6.45) is 2.84. The molecule has 5 nitrogen and oxygen atoms in total. The second-order valence-corrected chi connectivity index (χ2v) is 4.40. The molecular formula is C15H14N2O3. The molecule has 0 saturated carbocycles. The first kappa shape index (κ1) is 13.7. The minimum atomic E-state index is -0.444. The molecular weight excluding hydrogens is 256 g/mol. The van der Waals surface area contributed by atoms with Crippen LogP contribution in [0, 0.1) is 13.8 Å². The summed E-state index contributed by atoms with van der Waals surface area (Å²) in [6, 6.07) is 6.48. The minimum absolute atomic E-state index is 0.0343. The fraction of sp³-hybridized carbons (Fsp3) is 0.133. The van der Waals surface area contributed by atoms with Crippen LogP contribution in [0.15, 0.2) is 35.1 Å². The van der Waals surface area contributed by atoms with Gasteiger partial charge in [0.2, 0.25) is 0 Å². The van der Waals surface area contributed by atoms with Crippen molar-refractivity contribution in [3.63, 3.8) is 0 Å². The first-order valence-electron chi connectivity index (χ1n) is 6.06. The number of carbonyl (C=O) groups is 1. The van der Waals surface area contributed by atoms with Crippen LogP contribution in [-0.2, 0) is 0 Å². The Morgan fingerprint density at radius 1 is 1.35 bits per heavy atom. The average molecular weight is 270 g/mol. The van der Waals surface area contributed by atoms with E-state index in [4.69, 9.17) is 0 Å². The van der Waals surface area contributed by atoms with Gasteiger partial charge in [0.05, 0.1) is 5.69 Å². The van der Waals surface area contributed by atoms with Crippen molar-refractivity contribution in [2.45, 2.75) is 13.8 Å². The van der Waals surface area contributed by atoms with Gasteiger partial charge in [0.15, 0.2) is 5.78 Å². The van der Waals surface area contributed by atoms with Crippen molar-refractivity contribution >= 4 is 11.9 Å². The lowest BCUT2D eigenvalue weighted by atomic mass is 10.1. The van der Waals surface area contributed by atoms with Gasteiger partial charge in [-0.15, -0.1) is 0 Å². The third-order valence-electron chi connectivity index (χ3n) is 2.76. The third kappa shape index (κ3) is 3.00. The number of H-pyrrole nitrogens is 1. The topological polar surface area (TPSA) is 83.0 Å². The Morgan fingerprint density at radius 3 is 2.75 bits per heavy atom. The summed E-state index contributed by atoms with van der Waals surface area (Å²) < 4.78 is 0. The summed E-state index contributed by atoms with van der Waals surface area (Å²) >= 11 is 0. The predicted octanol–water partition coefficient (Wildman–Crippen LogP) is 1.99. The summed E-state index contributed by atoms with van der Waals surface area (Å²) in [5.41, 5.74) is 0.664. The van der Waals surface area contributed by atoms with Gasteiger partial charge in [0, 0.05) is 0 Å². The number of aromatic amines is 1. The van der Waals surface area contributed by atoms with Gasteiger partial charge in [-0.25, -0.2) is 4.98 Å². The van der Waals surface area contributed by atoms with Gasteiger partial charge in [-0.2, -0.15) is 0 Å². The highest BCUT2D eigenvalue weighted by atomic mass is 16.3. The summed E-state index contributed by atoms with van der Waals surface area (Å²) in [6.45, 7) is 3.28. The molecule has 102 valence electrons. The molecule has 0 fully saturated rings. The lowest BCUT2D eigenvalue weighted by Gasteiger charge is -2.01. The number of ketones is 1. The maximum absolute atomic E-state index is 12.0. The fourth-order valence-corrected chi connectivity index (χ4v) is 1.90. The molecule has 0 aliphatic heterocycles. The Labute approximate surface area is 115 Å². The number of carbonyl (C=O) groups excluding carboxylic acids is 1. The van der Waals surface area contributed by atoms with Crippen molar-refractivity contribution in [2.24, 2.45) is 0 Å². The highest BCUT2D eigenvalue weighted by Gasteiger charge is 2.12. The molecule has 1 aromatic heterocycles. The first-order chi connectivity index (χ1) is 9.47. The highest BCUT2D eigenvalue weighted by Crippen LogP contribution is 2.12. The summed E-state index contributed by atoms with van der Waals surface area (Å²) in [7, 11) is 0. The minimum Gasteiger partial charge on any atom is -0.508 e. The van der Waals surface area contributed by atoms with Gasteiger partial charge >= 0.3 is 0 Å². The van der Waals surface area contributed by atoms with E-state index in [1.54, 1.807) is 32.1 Å². The highest BCUT2D eigenvalue weighted by molar-refractivity contribution is 6.07. The lowest BCUT2D eigenvalue weighted by molar-refractivity contribution is 0.104. The Kier molecular flexibility index (Phi) is 3.79. The van der Waals surface area contributed by atoms with E-state index in [0.29, 0.717) is 17.1 Å². The zero-order valence-corrected chi connectivity index (χ0v) is 11.2. The van der Waals surface area contributed by atoms with Crippen LogP contribution in [0.4, 0.5) is 0 Å². The van der Waals surface area contributed by atoms with Crippen LogP contribution >= 0.6 is 0 Å². The molecule has 0 amide bonds. The third-order valence-corrected chi connectivity index (χ3v) is 2.76. The number of nitrogens with zero attached hydrogens (tertiary/aromatic N) is 1. The molecule has 2 rings (SSSR count). The van der Waals surface area contributed by atoms with E-state index in [-0.39, 0.29) is 11.3 Å². The largest absolute Gasteiger partial charge is 0.508 e. The van der Waals surface area contributed by atoms with E-state index in [1.165, 1.54) is 18.2 Å². The molecule has 1 aromatic carbocycles. The van der Waals surface area contributed by atoms with Crippen LogP contribution in [0.2, 0.25) is 0 Å². The van der Waals surface area contributed by atoms with Gasteiger partial charge in [-0.1, -0.05) is 18.2 Å². The molecule has 20 heavy (non-hydrogen) atoms. The quantitative estimate of drug-likeness (QED) is 0.660. The van der Waals surface area contributed by atoms with Crippen LogP contribution in [0.3, 0.4) is 0 Å². The smallest absolute Gasteiger partial charge is 0.262 e. The van der Waals surface area contributed by atoms with Gasteiger partial charge in [-0.3, -0.25) is 9.59 Å². The Morgan fingerprint density at radius 2 is 2.10 bits per heavy atom. The second kappa shape index (κ2) is 5.52. The number of aromatic nitrogens is 2. The fourth-order valence-electron chi connectivity index (χ4n) is 1.90. The summed E-state index contributed by atoms with van der Waals surface area (Å²) in [5, 5.41) is 9.33.